The number of hydrogen-bond acceptors (Lipinski definition) is 3. The Hall–Kier alpha value is -1.83. The van der Waals surface area contributed by atoms with Gasteiger partial charge in [0, 0.05) is 18.3 Å². The van der Waals surface area contributed by atoms with Crippen molar-refractivity contribution in [2.45, 2.75) is 52.5 Å². The van der Waals surface area contributed by atoms with Crippen molar-refractivity contribution in [3.05, 3.63) is 17.0 Å². The monoisotopic (exact) mass is 274 g/mol. The number of rotatable bonds is 3. The van der Waals surface area contributed by atoms with Gasteiger partial charge in [0.2, 0.25) is 5.91 Å². The van der Waals surface area contributed by atoms with E-state index in [-0.39, 0.29) is 11.9 Å². The molecule has 2 rings (SSSR count). The molecule has 0 spiro atoms. The molecule has 20 heavy (non-hydrogen) atoms. The molecule has 108 valence electrons. The van der Waals surface area contributed by atoms with Crippen LogP contribution < -0.4 is 5.32 Å². The molecule has 1 aromatic heterocycles. The summed E-state index contributed by atoms with van der Waals surface area (Å²) in [5, 5.41) is 16.7. The van der Waals surface area contributed by atoms with Gasteiger partial charge >= 0.3 is 0 Å². The Bertz CT molecular complexity index is 561. The van der Waals surface area contributed by atoms with Crippen LogP contribution >= 0.6 is 0 Å². The molecule has 1 aromatic rings. The lowest BCUT2D eigenvalue weighted by atomic mass is 9.86. The average Bonchev–Trinajstić information content (AvgIpc) is 2.96. The first-order valence-corrected chi connectivity index (χ1v) is 7.13. The number of aromatic nitrogens is 2. The van der Waals surface area contributed by atoms with Gasteiger partial charge in [-0.25, -0.2) is 0 Å². The van der Waals surface area contributed by atoms with Gasteiger partial charge in [-0.2, -0.15) is 10.4 Å². The van der Waals surface area contributed by atoms with Crippen LogP contribution in [0, 0.1) is 30.6 Å². The Labute approximate surface area is 120 Å². The standard InChI is InChI=1S/C15H22N4O/c1-10(13-11(2)18-19(4)12(13)3)17-14(20)15(9-16)7-5-6-8-15/h10H,5-8H2,1-4H3,(H,17,20)/t10-/m0/s1. The number of hydrogen-bond donors (Lipinski definition) is 1. The van der Waals surface area contributed by atoms with E-state index < -0.39 is 5.41 Å². The number of aryl methyl sites for hydroxylation is 2. The van der Waals surface area contributed by atoms with Crippen LogP contribution in [0.5, 0.6) is 0 Å². The molecule has 0 aromatic carbocycles. The van der Waals surface area contributed by atoms with Crippen LogP contribution in [0.2, 0.25) is 0 Å². The summed E-state index contributed by atoms with van der Waals surface area (Å²) in [7, 11) is 1.90. The minimum Gasteiger partial charge on any atom is -0.348 e. The minimum absolute atomic E-state index is 0.123. The number of nitriles is 1. The average molecular weight is 274 g/mol. The summed E-state index contributed by atoms with van der Waals surface area (Å²) in [6.45, 7) is 5.89. The van der Waals surface area contributed by atoms with Crippen LogP contribution in [0.25, 0.3) is 0 Å². The summed E-state index contributed by atoms with van der Waals surface area (Å²) in [6, 6.07) is 2.11. The van der Waals surface area contributed by atoms with Gasteiger partial charge in [0.25, 0.3) is 0 Å². The summed E-state index contributed by atoms with van der Waals surface area (Å²) in [5.74, 6) is -0.132. The molecule has 1 heterocycles. The van der Waals surface area contributed by atoms with Crippen LogP contribution in [-0.4, -0.2) is 15.7 Å². The number of amides is 1. The van der Waals surface area contributed by atoms with E-state index in [1.54, 1.807) is 0 Å². The molecule has 0 unspecified atom stereocenters. The van der Waals surface area contributed by atoms with Gasteiger partial charge < -0.3 is 5.32 Å². The Balaban J connectivity index is 2.18. The summed E-state index contributed by atoms with van der Waals surface area (Å²) in [6.07, 6.45) is 3.26. The molecule has 0 saturated heterocycles. The molecule has 1 amide bonds. The molecule has 1 aliphatic rings. The van der Waals surface area contributed by atoms with Crippen LogP contribution in [0.15, 0.2) is 0 Å². The third kappa shape index (κ3) is 2.31. The van der Waals surface area contributed by atoms with Crippen LogP contribution in [0.4, 0.5) is 0 Å². The molecular weight excluding hydrogens is 252 g/mol. The Kier molecular flexibility index (Phi) is 3.85. The van der Waals surface area contributed by atoms with Crippen molar-refractivity contribution < 1.29 is 4.79 Å². The second-order valence-electron chi connectivity index (χ2n) is 5.80. The summed E-state index contributed by atoms with van der Waals surface area (Å²) >= 11 is 0. The van der Waals surface area contributed by atoms with Gasteiger partial charge in [-0.1, -0.05) is 12.8 Å². The van der Waals surface area contributed by atoms with Crippen LogP contribution in [0.3, 0.4) is 0 Å². The van der Waals surface area contributed by atoms with E-state index in [2.05, 4.69) is 16.5 Å². The zero-order valence-corrected chi connectivity index (χ0v) is 12.7. The molecule has 0 aliphatic heterocycles. The predicted octanol–water partition coefficient (Wildman–Crippen LogP) is 2.30. The highest BCUT2D eigenvalue weighted by Crippen LogP contribution is 2.38. The van der Waals surface area contributed by atoms with Crippen molar-refractivity contribution in [1.82, 2.24) is 15.1 Å². The van der Waals surface area contributed by atoms with Crippen molar-refractivity contribution in [3.63, 3.8) is 0 Å². The van der Waals surface area contributed by atoms with Gasteiger partial charge in [-0.05, 0) is 33.6 Å². The first-order chi connectivity index (χ1) is 9.41. The predicted molar refractivity (Wildman–Crippen MR) is 75.8 cm³/mol. The quantitative estimate of drug-likeness (QED) is 0.919. The molecule has 1 atom stereocenters. The smallest absolute Gasteiger partial charge is 0.240 e. The van der Waals surface area contributed by atoms with Gasteiger partial charge in [0.05, 0.1) is 17.8 Å². The van der Waals surface area contributed by atoms with Crippen molar-refractivity contribution in [2.75, 3.05) is 0 Å². The lowest BCUT2D eigenvalue weighted by Crippen LogP contribution is -2.39. The van der Waals surface area contributed by atoms with E-state index in [0.717, 1.165) is 29.8 Å². The fraction of sp³-hybridized carbons (Fsp3) is 0.667. The number of carbonyl (C=O) groups is 1. The topological polar surface area (TPSA) is 70.7 Å². The Morgan fingerprint density at radius 2 is 2.05 bits per heavy atom. The van der Waals surface area contributed by atoms with Gasteiger partial charge in [0.1, 0.15) is 5.41 Å². The molecule has 1 N–H and O–H groups in total. The normalized spacial score (nSPS) is 18.6. The zero-order valence-electron chi connectivity index (χ0n) is 12.7. The van der Waals surface area contributed by atoms with E-state index in [0.29, 0.717) is 12.8 Å². The lowest BCUT2D eigenvalue weighted by molar-refractivity contribution is -0.128. The minimum atomic E-state index is -0.821. The van der Waals surface area contributed by atoms with Gasteiger partial charge in [0.15, 0.2) is 0 Å². The van der Waals surface area contributed by atoms with E-state index in [4.69, 9.17) is 0 Å². The largest absolute Gasteiger partial charge is 0.348 e. The summed E-state index contributed by atoms with van der Waals surface area (Å²) in [5.41, 5.74) is 2.20. The summed E-state index contributed by atoms with van der Waals surface area (Å²) in [4.78, 5) is 12.5. The third-order valence-corrected chi connectivity index (χ3v) is 4.45. The molecule has 5 heteroatoms. The fourth-order valence-electron chi connectivity index (χ4n) is 3.19. The molecule has 1 fully saturated rings. The van der Waals surface area contributed by atoms with E-state index in [9.17, 15) is 10.1 Å². The maximum absolute atomic E-state index is 12.5. The van der Waals surface area contributed by atoms with Crippen molar-refractivity contribution in [2.24, 2.45) is 12.5 Å². The van der Waals surface area contributed by atoms with Gasteiger partial charge in [-0.15, -0.1) is 0 Å². The highest BCUT2D eigenvalue weighted by Gasteiger charge is 2.42. The molecule has 1 aliphatic carbocycles. The first-order valence-electron chi connectivity index (χ1n) is 7.13. The fourth-order valence-corrected chi connectivity index (χ4v) is 3.19. The second kappa shape index (κ2) is 5.28. The van der Waals surface area contributed by atoms with Crippen LogP contribution in [0.1, 0.15) is 55.6 Å². The SMILES string of the molecule is Cc1nn(C)c(C)c1[C@H](C)NC(=O)C1(C#N)CCCC1. The Morgan fingerprint density at radius 1 is 1.45 bits per heavy atom. The number of carbonyl (C=O) groups excluding carboxylic acids is 1. The molecule has 5 nitrogen and oxygen atoms in total. The summed E-state index contributed by atoms with van der Waals surface area (Å²) < 4.78 is 1.82. The zero-order chi connectivity index (χ0) is 14.9. The van der Waals surface area contributed by atoms with Gasteiger partial charge in [-0.3, -0.25) is 9.48 Å². The first kappa shape index (κ1) is 14.6. The van der Waals surface area contributed by atoms with Crippen molar-refractivity contribution >= 4 is 5.91 Å². The van der Waals surface area contributed by atoms with E-state index in [1.165, 1.54) is 0 Å². The number of nitrogens with one attached hydrogen (secondary N) is 1. The van der Waals surface area contributed by atoms with E-state index >= 15 is 0 Å². The van der Waals surface area contributed by atoms with Crippen LogP contribution in [-0.2, 0) is 11.8 Å². The maximum Gasteiger partial charge on any atom is 0.240 e. The van der Waals surface area contributed by atoms with E-state index in [1.807, 2.05) is 32.5 Å². The lowest BCUT2D eigenvalue weighted by Gasteiger charge is -2.23. The van der Waals surface area contributed by atoms with Crippen molar-refractivity contribution in [1.29, 1.82) is 5.26 Å². The molecule has 1 saturated carbocycles. The molecule has 0 radical (unpaired) electrons. The third-order valence-electron chi connectivity index (χ3n) is 4.45. The maximum atomic E-state index is 12.5. The Morgan fingerprint density at radius 3 is 2.50 bits per heavy atom. The highest BCUT2D eigenvalue weighted by molar-refractivity contribution is 5.86. The van der Waals surface area contributed by atoms with Crippen molar-refractivity contribution in [3.8, 4) is 6.07 Å². The number of nitrogens with zero attached hydrogens (tertiary/aromatic N) is 3. The molecular formula is C15H22N4O. The highest BCUT2D eigenvalue weighted by atomic mass is 16.2. The molecule has 0 bridgehead atoms. The second-order valence-corrected chi connectivity index (χ2v) is 5.80.